The highest BCUT2D eigenvalue weighted by Crippen LogP contribution is 2.45. The molecule has 2 aromatic carbocycles. The Balaban J connectivity index is 1.65. The predicted molar refractivity (Wildman–Crippen MR) is 146 cm³/mol. The Kier molecular flexibility index (Phi) is 6.93. The lowest BCUT2D eigenvalue weighted by atomic mass is 9.94. The molecule has 8 nitrogen and oxygen atoms in total. The van der Waals surface area contributed by atoms with Crippen LogP contribution < -0.4 is 9.64 Å². The van der Waals surface area contributed by atoms with Gasteiger partial charge in [0.1, 0.15) is 29.1 Å². The summed E-state index contributed by atoms with van der Waals surface area (Å²) >= 11 is 4.40. The van der Waals surface area contributed by atoms with Gasteiger partial charge in [0, 0.05) is 16.5 Å². The highest BCUT2D eigenvalue weighted by atomic mass is 79.9. The first-order valence-corrected chi connectivity index (χ1v) is 13.4. The minimum absolute atomic E-state index is 0.00940. The van der Waals surface area contributed by atoms with Crippen molar-refractivity contribution in [3.63, 3.8) is 0 Å². The SMILES string of the molecule is C=CCOC(=O)c1sc(N2C(=O)C(=O)/C(=C(/O)c3ccc4c(c3)CC(C)O4)C2c2cccc(Br)c2)nc1C. The van der Waals surface area contributed by atoms with Crippen LogP contribution in [-0.4, -0.2) is 40.5 Å². The molecule has 1 fully saturated rings. The minimum atomic E-state index is -0.974. The van der Waals surface area contributed by atoms with Crippen molar-refractivity contribution in [2.75, 3.05) is 11.5 Å². The summed E-state index contributed by atoms with van der Waals surface area (Å²) in [6.45, 7) is 7.15. The number of anilines is 1. The number of carbonyl (C=O) groups excluding carboxylic acids is 3. The van der Waals surface area contributed by atoms with Crippen LogP contribution in [0.15, 0.2) is 65.2 Å². The standard InChI is InChI=1S/C28H23BrN2O6S/c1-4-10-36-27(35)25-15(3)30-28(38-25)31-22(16-6-5-7-19(29)13-16)21(24(33)26(31)34)23(32)17-8-9-20-18(12-17)11-14(2)37-20/h4-9,12-14,22,32H,1,10-11H2,2-3H3/b23-21+. The summed E-state index contributed by atoms with van der Waals surface area (Å²) in [5, 5.41) is 11.6. The molecule has 5 rings (SSSR count). The van der Waals surface area contributed by atoms with Gasteiger partial charge in [0.15, 0.2) is 5.13 Å². The fraction of sp³-hybridized carbons (Fsp3) is 0.214. The number of Topliss-reactive ketones (excluding diaryl/α,β-unsaturated/α-hetero) is 1. The molecule has 2 unspecified atom stereocenters. The molecule has 2 aliphatic heterocycles. The quantitative estimate of drug-likeness (QED) is 0.132. The molecule has 0 aliphatic carbocycles. The van der Waals surface area contributed by atoms with E-state index in [0.29, 0.717) is 23.2 Å². The molecule has 194 valence electrons. The average Bonchev–Trinajstić information content (AvgIpc) is 3.54. The number of hydrogen-bond donors (Lipinski definition) is 1. The monoisotopic (exact) mass is 594 g/mol. The van der Waals surface area contributed by atoms with E-state index in [0.717, 1.165) is 27.1 Å². The number of esters is 1. The summed E-state index contributed by atoms with van der Waals surface area (Å²) < 4.78 is 11.6. The van der Waals surface area contributed by atoms with E-state index in [9.17, 15) is 19.5 Å². The van der Waals surface area contributed by atoms with E-state index in [2.05, 4.69) is 27.5 Å². The Morgan fingerprint density at radius 2 is 2.11 bits per heavy atom. The highest BCUT2D eigenvalue weighted by Gasteiger charge is 2.48. The second-order valence-electron chi connectivity index (χ2n) is 8.98. The second-order valence-corrected chi connectivity index (χ2v) is 10.9. The third kappa shape index (κ3) is 4.54. The van der Waals surface area contributed by atoms with Crippen LogP contribution in [0.5, 0.6) is 5.75 Å². The van der Waals surface area contributed by atoms with E-state index < -0.39 is 23.7 Å². The molecule has 3 aromatic rings. The van der Waals surface area contributed by atoms with Crippen molar-refractivity contribution >= 4 is 55.8 Å². The van der Waals surface area contributed by atoms with Crippen molar-refractivity contribution in [2.45, 2.75) is 32.4 Å². The number of aliphatic hydroxyl groups is 1. The van der Waals surface area contributed by atoms with Crippen LogP contribution in [0, 0.1) is 6.92 Å². The van der Waals surface area contributed by atoms with E-state index in [1.807, 2.05) is 13.0 Å². The molecule has 0 spiro atoms. The van der Waals surface area contributed by atoms with Crippen molar-refractivity contribution in [1.82, 2.24) is 4.98 Å². The molecule has 10 heteroatoms. The van der Waals surface area contributed by atoms with Gasteiger partial charge in [-0.1, -0.05) is 52.1 Å². The number of fused-ring (bicyclic) bond motifs is 1. The molecule has 0 bridgehead atoms. The number of thiazole rings is 1. The highest BCUT2D eigenvalue weighted by molar-refractivity contribution is 9.10. The van der Waals surface area contributed by atoms with Crippen molar-refractivity contribution in [1.29, 1.82) is 0 Å². The van der Waals surface area contributed by atoms with Gasteiger partial charge < -0.3 is 14.6 Å². The van der Waals surface area contributed by atoms with Gasteiger partial charge in [0.25, 0.3) is 5.78 Å². The fourth-order valence-electron chi connectivity index (χ4n) is 4.62. The van der Waals surface area contributed by atoms with Crippen molar-refractivity contribution in [3.8, 4) is 5.75 Å². The number of nitrogens with zero attached hydrogens (tertiary/aromatic N) is 2. The van der Waals surface area contributed by atoms with E-state index in [1.165, 1.54) is 11.0 Å². The molecule has 3 heterocycles. The first-order chi connectivity index (χ1) is 18.2. The fourth-order valence-corrected chi connectivity index (χ4v) is 6.03. The third-order valence-corrected chi connectivity index (χ3v) is 7.92. The topological polar surface area (TPSA) is 106 Å². The minimum Gasteiger partial charge on any atom is -0.507 e. The van der Waals surface area contributed by atoms with Crippen molar-refractivity contribution in [3.05, 3.63) is 92.4 Å². The number of amides is 1. The summed E-state index contributed by atoms with van der Waals surface area (Å²) in [4.78, 5) is 45.3. The smallest absolute Gasteiger partial charge is 0.350 e. The lowest BCUT2D eigenvalue weighted by Crippen LogP contribution is -2.29. The van der Waals surface area contributed by atoms with Crippen LogP contribution in [0.1, 0.15) is 45.0 Å². The maximum absolute atomic E-state index is 13.5. The van der Waals surface area contributed by atoms with Gasteiger partial charge in [-0.05, 0) is 55.3 Å². The van der Waals surface area contributed by atoms with Crippen LogP contribution >= 0.6 is 27.3 Å². The largest absolute Gasteiger partial charge is 0.507 e. The van der Waals surface area contributed by atoms with Crippen molar-refractivity contribution < 1.29 is 29.0 Å². The summed E-state index contributed by atoms with van der Waals surface area (Å²) in [7, 11) is 0. The molecule has 2 aliphatic rings. The molecule has 1 amide bonds. The average molecular weight is 595 g/mol. The molecular formula is C28H23BrN2O6S. The van der Waals surface area contributed by atoms with E-state index in [-0.39, 0.29) is 34.1 Å². The Morgan fingerprint density at radius 3 is 2.84 bits per heavy atom. The lowest BCUT2D eigenvalue weighted by Gasteiger charge is -2.23. The first kappa shape index (κ1) is 25.9. The van der Waals surface area contributed by atoms with Crippen LogP contribution in [-0.2, 0) is 20.7 Å². The summed E-state index contributed by atoms with van der Waals surface area (Å²) in [5.74, 6) is -1.86. The van der Waals surface area contributed by atoms with Gasteiger partial charge in [0.2, 0.25) is 0 Å². The summed E-state index contributed by atoms with van der Waals surface area (Å²) in [5.41, 5.74) is 2.20. The number of carbonyl (C=O) groups is 3. The van der Waals surface area contributed by atoms with E-state index in [4.69, 9.17) is 9.47 Å². The Hall–Kier alpha value is -3.76. The van der Waals surface area contributed by atoms with Crippen LogP contribution in [0.4, 0.5) is 5.13 Å². The van der Waals surface area contributed by atoms with Gasteiger partial charge in [-0.3, -0.25) is 14.5 Å². The number of hydrogen-bond acceptors (Lipinski definition) is 8. The van der Waals surface area contributed by atoms with E-state index >= 15 is 0 Å². The number of halogens is 1. The normalized spacial score (nSPS) is 19.8. The Labute approximate surface area is 231 Å². The summed E-state index contributed by atoms with van der Waals surface area (Å²) in [6.07, 6.45) is 2.13. The number of rotatable bonds is 6. The Morgan fingerprint density at radius 1 is 1.32 bits per heavy atom. The van der Waals surface area contributed by atoms with Crippen molar-refractivity contribution in [2.24, 2.45) is 0 Å². The molecule has 1 saturated heterocycles. The van der Waals surface area contributed by atoms with Gasteiger partial charge in [-0.2, -0.15) is 0 Å². The Bertz CT molecular complexity index is 1530. The number of aryl methyl sites for hydroxylation is 1. The predicted octanol–water partition coefficient (Wildman–Crippen LogP) is 5.51. The zero-order chi connectivity index (χ0) is 27.1. The van der Waals surface area contributed by atoms with Gasteiger partial charge in [-0.25, -0.2) is 9.78 Å². The third-order valence-electron chi connectivity index (χ3n) is 6.29. The molecular weight excluding hydrogens is 572 g/mol. The number of ketones is 1. The van der Waals surface area contributed by atoms with Gasteiger partial charge >= 0.3 is 11.9 Å². The summed E-state index contributed by atoms with van der Waals surface area (Å²) in [6, 6.07) is 11.4. The molecule has 38 heavy (non-hydrogen) atoms. The lowest BCUT2D eigenvalue weighted by molar-refractivity contribution is -0.132. The maximum atomic E-state index is 13.5. The van der Waals surface area contributed by atoms with Crippen LogP contribution in [0.25, 0.3) is 5.76 Å². The number of benzene rings is 2. The second kappa shape index (κ2) is 10.2. The molecule has 0 radical (unpaired) electrons. The van der Waals surface area contributed by atoms with Crippen LogP contribution in [0.2, 0.25) is 0 Å². The molecule has 1 N–H and O–H groups in total. The maximum Gasteiger partial charge on any atom is 0.350 e. The van der Waals surface area contributed by atoms with Crippen LogP contribution in [0.3, 0.4) is 0 Å². The molecule has 1 aromatic heterocycles. The number of ether oxygens (including phenoxy) is 2. The van der Waals surface area contributed by atoms with E-state index in [1.54, 1.807) is 43.3 Å². The molecule has 2 atom stereocenters. The first-order valence-electron chi connectivity index (χ1n) is 11.8. The zero-order valence-electron chi connectivity index (χ0n) is 20.6. The number of aliphatic hydroxyl groups excluding tert-OH is 1. The molecule has 0 saturated carbocycles. The number of aromatic nitrogens is 1. The zero-order valence-corrected chi connectivity index (χ0v) is 23.0. The van der Waals surface area contributed by atoms with Gasteiger partial charge in [0.05, 0.1) is 17.3 Å². The van der Waals surface area contributed by atoms with Gasteiger partial charge in [-0.15, -0.1) is 0 Å².